The van der Waals surface area contributed by atoms with E-state index in [1.54, 1.807) is 12.3 Å². The Balaban J connectivity index is 2.85. The molecule has 0 aliphatic rings. The van der Waals surface area contributed by atoms with Gasteiger partial charge in [-0.3, -0.25) is 0 Å². The maximum absolute atomic E-state index is 11.1. The molecule has 0 unspecified atom stereocenters. The van der Waals surface area contributed by atoms with Gasteiger partial charge in [0, 0.05) is 6.20 Å². The lowest BCUT2D eigenvalue weighted by molar-refractivity contribution is 0.0594. The molecule has 0 radical (unpaired) electrons. The zero-order valence-corrected chi connectivity index (χ0v) is 7.49. The van der Waals surface area contributed by atoms with Crippen molar-refractivity contribution in [2.24, 2.45) is 5.73 Å². The Morgan fingerprint density at radius 3 is 3.08 bits per heavy atom. The van der Waals surface area contributed by atoms with Crippen LogP contribution in [0.3, 0.4) is 0 Å². The van der Waals surface area contributed by atoms with Gasteiger partial charge in [0.25, 0.3) is 0 Å². The van der Waals surface area contributed by atoms with Crippen LogP contribution in [0, 0.1) is 0 Å². The van der Waals surface area contributed by atoms with E-state index in [4.69, 9.17) is 5.73 Å². The molecule has 4 heteroatoms. The number of hydrogen-bond donors (Lipinski definition) is 1. The predicted molar refractivity (Wildman–Crippen MR) is 48.3 cm³/mol. The van der Waals surface area contributed by atoms with Crippen LogP contribution in [0.15, 0.2) is 18.3 Å². The number of hydrogen-bond acceptors (Lipinski definition) is 4. The minimum atomic E-state index is -0.418. The number of esters is 1. The van der Waals surface area contributed by atoms with Gasteiger partial charge >= 0.3 is 5.97 Å². The van der Waals surface area contributed by atoms with Crippen LogP contribution >= 0.6 is 0 Å². The largest absolute Gasteiger partial charge is 0.464 e. The van der Waals surface area contributed by atoms with Crippen LogP contribution in [0.4, 0.5) is 0 Å². The summed E-state index contributed by atoms with van der Waals surface area (Å²) in [5.74, 6) is -0.418. The van der Waals surface area contributed by atoms with Gasteiger partial charge in [-0.25, -0.2) is 9.78 Å². The Hall–Kier alpha value is -1.42. The third kappa shape index (κ3) is 2.52. The lowest BCUT2D eigenvalue weighted by Gasteiger charge is -2.01. The van der Waals surface area contributed by atoms with Gasteiger partial charge in [0.15, 0.2) is 0 Å². The number of carbonyl (C=O) groups excluding carboxylic acids is 1. The zero-order valence-electron chi connectivity index (χ0n) is 7.49. The van der Waals surface area contributed by atoms with Gasteiger partial charge in [0.2, 0.25) is 0 Å². The van der Waals surface area contributed by atoms with Gasteiger partial charge in [0.1, 0.15) is 5.69 Å². The fourth-order valence-corrected chi connectivity index (χ4v) is 1.01. The van der Waals surface area contributed by atoms with Crippen LogP contribution < -0.4 is 5.73 Å². The summed E-state index contributed by atoms with van der Waals surface area (Å²) in [5, 5.41) is 0. The molecule has 1 rings (SSSR count). The molecule has 0 amide bonds. The first kappa shape index (κ1) is 9.67. The SMILES string of the molecule is COC(=O)c1cc(CCN)ccn1. The minimum absolute atomic E-state index is 0.327. The first-order valence-electron chi connectivity index (χ1n) is 4.01. The third-order valence-electron chi connectivity index (χ3n) is 1.65. The average molecular weight is 180 g/mol. The standard InChI is InChI=1S/C9H12N2O2/c1-13-9(12)8-6-7(2-4-10)3-5-11-8/h3,5-6H,2,4,10H2,1H3. The Kier molecular flexibility index (Phi) is 3.40. The maximum Gasteiger partial charge on any atom is 0.356 e. The molecule has 0 spiro atoms. The van der Waals surface area contributed by atoms with Crippen LogP contribution in [-0.4, -0.2) is 24.6 Å². The van der Waals surface area contributed by atoms with Crippen molar-refractivity contribution in [2.45, 2.75) is 6.42 Å². The molecule has 13 heavy (non-hydrogen) atoms. The highest BCUT2D eigenvalue weighted by Crippen LogP contribution is 2.03. The van der Waals surface area contributed by atoms with Gasteiger partial charge < -0.3 is 10.5 Å². The van der Waals surface area contributed by atoms with Crippen LogP contribution in [0.1, 0.15) is 16.1 Å². The van der Waals surface area contributed by atoms with Crippen molar-refractivity contribution in [3.63, 3.8) is 0 Å². The van der Waals surface area contributed by atoms with Crippen LogP contribution in [0.5, 0.6) is 0 Å². The summed E-state index contributed by atoms with van der Waals surface area (Å²) in [4.78, 5) is 14.9. The van der Waals surface area contributed by atoms with Crippen LogP contribution in [-0.2, 0) is 11.2 Å². The number of methoxy groups -OCH3 is 1. The van der Waals surface area contributed by atoms with E-state index in [9.17, 15) is 4.79 Å². The molecule has 4 nitrogen and oxygen atoms in total. The van der Waals surface area contributed by atoms with E-state index in [2.05, 4.69) is 9.72 Å². The highest BCUT2D eigenvalue weighted by Gasteiger charge is 2.06. The molecule has 0 aliphatic heterocycles. The van der Waals surface area contributed by atoms with Crippen molar-refractivity contribution >= 4 is 5.97 Å². The molecule has 0 bridgehead atoms. The van der Waals surface area contributed by atoms with Crippen LogP contribution in [0.25, 0.3) is 0 Å². The number of ether oxygens (including phenoxy) is 1. The highest BCUT2D eigenvalue weighted by molar-refractivity contribution is 5.87. The molecule has 1 aromatic rings. The molecule has 1 aromatic heterocycles. The fraction of sp³-hybridized carbons (Fsp3) is 0.333. The first-order valence-corrected chi connectivity index (χ1v) is 4.01. The van der Waals surface area contributed by atoms with E-state index in [0.717, 1.165) is 12.0 Å². The number of rotatable bonds is 3. The second kappa shape index (κ2) is 4.57. The molecule has 1 heterocycles. The van der Waals surface area contributed by atoms with E-state index in [1.165, 1.54) is 7.11 Å². The van der Waals surface area contributed by atoms with Crippen molar-refractivity contribution in [1.82, 2.24) is 4.98 Å². The number of nitrogens with zero attached hydrogens (tertiary/aromatic N) is 1. The van der Waals surface area contributed by atoms with Gasteiger partial charge in [-0.1, -0.05) is 0 Å². The summed E-state index contributed by atoms with van der Waals surface area (Å²) in [6, 6.07) is 3.53. The average Bonchev–Trinajstić information content (AvgIpc) is 2.18. The van der Waals surface area contributed by atoms with E-state index >= 15 is 0 Å². The highest BCUT2D eigenvalue weighted by atomic mass is 16.5. The van der Waals surface area contributed by atoms with Crippen molar-refractivity contribution in [3.05, 3.63) is 29.6 Å². The van der Waals surface area contributed by atoms with E-state index in [0.29, 0.717) is 12.2 Å². The molecule has 2 N–H and O–H groups in total. The number of nitrogens with two attached hydrogens (primary N) is 1. The van der Waals surface area contributed by atoms with E-state index < -0.39 is 5.97 Å². The molecule has 0 fully saturated rings. The monoisotopic (exact) mass is 180 g/mol. The predicted octanol–water partition coefficient (Wildman–Crippen LogP) is 0.369. The maximum atomic E-state index is 11.1. The Labute approximate surface area is 76.7 Å². The van der Waals surface area contributed by atoms with Crippen molar-refractivity contribution in [1.29, 1.82) is 0 Å². The Morgan fingerprint density at radius 1 is 1.69 bits per heavy atom. The van der Waals surface area contributed by atoms with Gasteiger partial charge in [0.05, 0.1) is 7.11 Å². The third-order valence-corrected chi connectivity index (χ3v) is 1.65. The Bertz CT molecular complexity index is 299. The molecule has 0 aromatic carbocycles. The summed E-state index contributed by atoms with van der Waals surface area (Å²) < 4.78 is 4.54. The summed E-state index contributed by atoms with van der Waals surface area (Å²) >= 11 is 0. The number of aromatic nitrogens is 1. The van der Waals surface area contributed by atoms with Gasteiger partial charge in [-0.2, -0.15) is 0 Å². The lowest BCUT2D eigenvalue weighted by Crippen LogP contribution is -2.07. The van der Waals surface area contributed by atoms with Gasteiger partial charge in [-0.15, -0.1) is 0 Å². The van der Waals surface area contributed by atoms with Crippen molar-refractivity contribution in [2.75, 3.05) is 13.7 Å². The summed E-state index contributed by atoms with van der Waals surface area (Å²) in [7, 11) is 1.33. The van der Waals surface area contributed by atoms with E-state index in [1.807, 2.05) is 6.07 Å². The first-order chi connectivity index (χ1) is 6.27. The fourth-order valence-electron chi connectivity index (χ4n) is 1.01. The van der Waals surface area contributed by atoms with E-state index in [-0.39, 0.29) is 0 Å². The van der Waals surface area contributed by atoms with Crippen molar-refractivity contribution in [3.8, 4) is 0 Å². The molecule has 0 atom stereocenters. The Morgan fingerprint density at radius 2 is 2.46 bits per heavy atom. The molecule has 70 valence electrons. The minimum Gasteiger partial charge on any atom is -0.464 e. The normalized spacial score (nSPS) is 9.69. The quantitative estimate of drug-likeness (QED) is 0.682. The second-order valence-corrected chi connectivity index (χ2v) is 2.58. The second-order valence-electron chi connectivity index (χ2n) is 2.58. The molecule has 0 aliphatic carbocycles. The van der Waals surface area contributed by atoms with Crippen LogP contribution in [0.2, 0.25) is 0 Å². The van der Waals surface area contributed by atoms with Crippen molar-refractivity contribution < 1.29 is 9.53 Å². The lowest BCUT2D eigenvalue weighted by atomic mass is 10.2. The summed E-state index contributed by atoms with van der Waals surface area (Å²) in [6.07, 6.45) is 2.32. The van der Waals surface area contributed by atoms with Gasteiger partial charge in [-0.05, 0) is 30.7 Å². The number of pyridine rings is 1. The zero-order chi connectivity index (χ0) is 9.68. The molecular formula is C9H12N2O2. The summed E-state index contributed by atoms with van der Waals surface area (Å²) in [6.45, 7) is 0.560. The topological polar surface area (TPSA) is 65.2 Å². The summed E-state index contributed by atoms with van der Waals surface area (Å²) in [5.41, 5.74) is 6.71. The molecule has 0 saturated heterocycles. The number of carbonyl (C=O) groups is 1. The molecular weight excluding hydrogens is 168 g/mol. The smallest absolute Gasteiger partial charge is 0.356 e. The molecule has 0 saturated carbocycles.